The highest BCUT2D eigenvalue weighted by Gasteiger charge is 2.36. The van der Waals surface area contributed by atoms with Crippen molar-refractivity contribution in [3.05, 3.63) is 43.2 Å². The van der Waals surface area contributed by atoms with E-state index in [9.17, 15) is 9.90 Å². The number of ketones is 1. The number of Topliss-reactive ketones (excluding diaryl/α,β-unsaturated/α-hetero) is 1. The second-order valence-electron chi connectivity index (χ2n) is 4.84. The van der Waals surface area contributed by atoms with Gasteiger partial charge in [0, 0.05) is 6.42 Å². The van der Waals surface area contributed by atoms with Crippen LogP contribution in [0, 0.1) is 8.99 Å². The molecular formula is C14H15IO2. The number of hydrogen-bond donors (Lipinski definition) is 0. The van der Waals surface area contributed by atoms with Gasteiger partial charge in [0.2, 0.25) is 9.36 Å². The predicted molar refractivity (Wildman–Crippen MR) is 60.2 cm³/mol. The second kappa shape index (κ2) is 4.80. The Hall–Kier alpha value is -0.840. The van der Waals surface area contributed by atoms with Crippen LogP contribution >= 0.6 is 0 Å². The summed E-state index contributed by atoms with van der Waals surface area (Å²) >= 11 is -0.617. The third-order valence-electron chi connectivity index (χ3n) is 2.97. The number of hydrogen-bond acceptors (Lipinski definition) is 2. The Kier molecular flexibility index (Phi) is 3.56. The minimum Gasteiger partial charge on any atom is -0.872 e. The molecule has 0 atom stereocenters. The standard InChI is InChI=1S/C14H15IO2/c1-14(2)9-8-11(16)12(13(14)17)15-10-6-4-3-5-7-10/h3-7H,8-9H2,1-2H3. The molecule has 1 aliphatic rings. The van der Waals surface area contributed by atoms with Crippen LogP contribution in [0.25, 0.3) is 0 Å². The molecule has 0 saturated heterocycles. The molecule has 2 rings (SSSR count). The van der Waals surface area contributed by atoms with Crippen molar-refractivity contribution in [1.82, 2.24) is 0 Å². The molecule has 0 spiro atoms. The molecule has 3 heteroatoms. The van der Waals surface area contributed by atoms with Gasteiger partial charge in [0.25, 0.3) is 0 Å². The first-order chi connectivity index (χ1) is 8.00. The zero-order valence-electron chi connectivity index (χ0n) is 10.00. The molecule has 0 radical (unpaired) electrons. The zero-order chi connectivity index (χ0) is 12.5. The van der Waals surface area contributed by atoms with E-state index in [0.29, 0.717) is 16.4 Å². The summed E-state index contributed by atoms with van der Waals surface area (Å²) < 4.78 is 1.73. The number of halogens is 1. The van der Waals surface area contributed by atoms with Crippen molar-refractivity contribution in [2.75, 3.05) is 0 Å². The first-order valence-electron chi connectivity index (χ1n) is 5.65. The Bertz CT molecular complexity index is 460. The van der Waals surface area contributed by atoms with Gasteiger partial charge < -0.3 is 5.11 Å². The van der Waals surface area contributed by atoms with Gasteiger partial charge in [-0.25, -0.2) is 0 Å². The zero-order valence-corrected chi connectivity index (χ0v) is 12.2. The van der Waals surface area contributed by atoms with Crippen molar-refractivity contribution in [1.29, 1.82) is 0 Å². The normalized spacial score (nSPS) is 19.5. The quantitative estimate of drug-likeness (QED) is 0.641. The number of carbonyl (C=O) groups excluding carboxylic acids is 1. The van der Waals surface area contributed by atoms with Crippen molar-refractivity contribution in [2.24, 2.45) is 5.41 Å². The summed E-state index contributed by atoms with van der Waals surface area (Å²) in [4.78, 5) is 11.9. The molecule has 0 saturated carbocycles. The fourth-order valence-electron chi connectivity index (χ4n) is 1.76. The fourth-order valence-corrected chi connectivity index (χ4v) is 4.70. The van der Waals surface area contributed by atoms with Crippen LogP contribution in [0.1, 0.15) is 26.7 Å². The molecule has 0 aromatic heterocycles. The number of allylic oxidation sites excluding steroid dienone is 2. The summed E-state index contributed by atoms with van der Waals surface area (Å²) in [7, 11) is 0. The van der Waals surface area contributed by atoms with Crippen LogP contribution in [-0.2, 0) is 4.79 Å². The molecule has 0 fully saturated rings. The highest BCUT2D eigenvalue weighted by atomic mass is 127. The molecule has 1 aliphatic carbocycles. The minimum absolute atomic E-state index is 0.0744. The number of benzene rings is 1. The molecule has 0 unspecified atom stereocenters. The lowest BCUT2D eigenvalue weighted by atomic mass is 9.81. The monoisotopic (exact) mass is 342 g/mol. The van der Waals surface area contributed by atoms with Crippen LogP contribution < -0.4 is 26.3 Å². The molecule has 0 aliphatic heterocycles. The molecule has 2 nitrogen and oxygen atoms in total. The van der Waals surface area contributed by atoms with E-state index in [1.807, 2.05) is 44.2 Å². The Morgan fingerprint density at radius 2 is 1.88 bits per heavy atom. The van der Waals surface area contributed by atoms with E-state index in [-0.39, 0.29) is 17.0 Å². The van der Waals surface area contributed by atoms with Crippen LogP contribution in [0.15, 0.2) is 39.7 Å². The largest absolute Gasteiger partial charge is 0.872 e. The maximum Gasteiger partial charge on any atom is 0.360 e. The van der Waals surface area contributed by atoms with Crippen molar-refractivity contribution in [2.45, 2.75) is 26.7 Å². The smallest absolute Gasteiger partial charge is 0.360 e. The third-order valence-corrected chi connectivity index (χ3v) is 5.95. The molecule has 17 heavy (non-hydrogen) atoms. The predicted octanol–water partition coefficient (Wildman–Crippen LogP) is -1.09. The van der Waals surface area contributed by atoms with E-state index in [1.165, 1.54) is 0 Å². The number of carbonyl (C=O) groups is 1. The van der Waals surface area contributed by atoms with Crippen LogP contribution in [0.4, 0.5) is 0 Å². The topological polar surface area (TPSA) is 40.1 Å². The van der Waals surface area contributed by atoms with E-state index in [2.05, 4.69) is 0 Å². The lowest BCUT2D eigenvalue weighted by molar-refractivity contribution is -0.579. The van der Waals surface area contributed by atoms with E-state index >= 15 is 0 Å². The van der Waals surface area contributed by atoms with Crippen molar-refractivity contribution < 1.29 is 31.1 Å². The lowest BCUT2D eigenvalue weighted by Gasteiger charge is -2.34. The summed E-state index contributed by atoms with van der Waals surface area (Å²) in [5.74, 6) is 0.149. The molecule has 0 bridgehead atoms. The fraction of sp³-hybridized carbons (Fsp3) is 0.357. The van der Waals surface area contributed by atoms with Gasteiger partial charge in [0.15, 0.2) is 3.57 Å². The molecule has 1 aromatic rings. The SMILES string of the molecule is CC1(C)CCC(=O)C([I+]c2ccccc2)=C1[O-]. The summed E-state index contributed by atoms with van der Waals surface area (Å²) in [6.45, 7) is 3.88. The van der Waals surface area contributed by atoms with E-state index in [4.69, 9.17) is 0 Å². The highest BCUT2D eigenvalue weighted by Crippen LogP contribution is 2.32. The highest BCUT2D eigenvalue weighted by molar-refractivity contribution is 5.94. The van der Waals surface area contributed by atoms with E-state index < -0.39 is 21.2 Å². The maximum absolute atomic E-state index is 12.2. The Labute approximate surface area is 112 Å². The Morgan fingerprint density at radius 1 is 1.24 bits per heavy atom. The van der Waals surface area contributed by atoms with Gasteiger partial charge in [-0.15, -0.1) is 0 Å². The first-order valence-corrected chi connectivity index (χ1v) is 7.81. The van der Waals surface area contributed by atoms with Gasteiger partial charge in [0.05, 0.1) is 0 Å². The van der Waals surface area contributed by atoms with E-state index in [0.717, 1.165) is 3.57 Å². The number of rotatable bonds is 2. The van der Waals surface area contributed by atoms with Crippen LogP contribution in [-0.4, -0.2) is 5.78 Å². The minimum atomic E-state index is -0.617. The third kappa shape index (κ3) is 2.70. The average Bonchev–Trinajstić information content (AvgIpc) is 2.32. The van der Waals surface area contributed by atoms with Gasteiger partial charge in [0.1, 0.15) is 0 Å². The molecular weight excluding hydrogens is 327 g/mol. The summed E-state index contributed by atoms with van der Waals surface area (Å²) in [6.07, 6.45) is 1.22. The molecule has 90 valence electrons. The van der Waals surface area contributed by atoms with Crippen LogP contribution in [0.5, 0.6) is 0 Å². The second-order valence-corrected chi connectivity index (χ2v) is 7.70. The van der Waals surface area contributed by atoms with Gasteiger partial charge in [-0.1, -0.05) is 37.8 Å². The Morgan fingerprint density at radius 3 is 2.53 bits per heavy atom. The summed E-state index contributed by atoms with van der Waals surface area (Å²) in [5.41, 5.74) is -0.349. The summed E-state index contributed by atoms with van der Waals surface area (Å²) in [5, 5.41) is 12.2. The maximum atomic E-state index is 12.2. The first kappa shape index (κ1) is 12.6. The summed E-state index contributed by atoms with van der Waals surface area (Å²) in [6, 6.07) is 9.87. The van der Waals surface area contributed by atoms with Gasteiger partial charge in [-0.2, -0.15) is 0 Å². The lowest BCUT2D eigenvalue weighted by Crippen LogP contribution is -3.61. The Balaban J connectivity index is 2.32. The van der Waals surface area contributed by atoms with Crippen molar-refractivity contribution in [3.8, 4) is 0 Å². The van der Waals surface area contributed by atoms with Crippen molar-refractivity contribution in [3.63, 3.8) is 0 Å². The molecule has 1 aromatic carbocycles. The molecule has 0 N–H and O–H groups in total. The van der Waals surface area contributed by atoms with Gasteiger partial charge in [-0.3, -0.25) is 4.79 Å². The molecule has 0 heterocycles. The van der Waals surface area contributed by atoms with Crippen LogP contribution in [0.3, 0.4) is 0 Å². The average molecular weight is 342 g/mol. The van der Waals surface area contributed by atoms with Crippen LogP contribution in [0.2, 0.25) is 0 Å². The van der Waals surface area contributed by atoms with Gasteiger partial charge >= 0.3 is 21.2 Å². The van der Waals surface area contributed by atoms with Gasteiger partial charge in [-0.05, 0) is 24.0 Å². The molecule has 0 amide bonds. The van der Waals surface area contributed by atoms with Crippen molar-refractivity contribution >= 4 is 5.78 Å². The van der Waals surface area contributed by atoms with E-state index in [1.54, 1.807) is 0 Å².